The van der Waals surface area contributed by atoms with Crippen molar-refractivity contribution >= 4 is 27.0 Å². The van der Waals surface area contributed by atoms with Gasteiger partial charge in [0.05, 0.1) is 10.9 Å². The lowest BCUT2D eigenvalue weighted by molar-refractivity contribution is 0.467. The molecule has 0 atom stereocenters. The zero-order valence-corrected chi connectivity index (χ0v) is 16.2. The van der Waals surface area contributed by atoms with E-state index in [0.29, 0.717) is 11.4 Å². The summed E-state index contributed by atoms with van der Waals surface area (Å²) in [5, 5.41) is 6.61. The molecule has 0 radical (unpaired) electrons. The summed E-state index contributed by atoms with van der Waals surface area (Å²) in [5.41, 5.74) is 2.10. The van der Waals surface area contributed by atoms with Crippen molar-refractivity contribution in [3.05, 3.63) is 53.5 Å². The fourth-order valence-electron chi connectivity index (χ4n) is 3.43. The molecule has 1 aromatic carbocycles. The SMILES string of the molecule is Cc1cccc(NS(=O)(=O)c2cn(C3CCCC3)nc2-c2cccs2)c1. The predicted molar refractivity (Wildman–Crippen MR) is 105 cm³/mol. The van der Waals surface area contributed by atoms with Crippen LogP contribution in [-0.2, 0) is 10.0 Å². The van der Waals surface area contributed by atoms with Gasteiger partial charge in [0.1, 0.15) is 10.6 Å². The van der Waals surface area contributed by atoms with Crippen molar-refractivity contribution in [2.75, 3.05) is 4.72 Å². The van der Waals surface area contributed by atoms with Crippen molar-refractivity contribution in [1.82, 2.24) is 9.78 Å². The van der Waals surface area contributed by atoms with E-state index in [4.69, 9.17) is 0 Å². The highest BCUT2D eigenvalue weighted by Crippen LogP contribution is 2.35. The number of aromatic nitrogens is 2. The highest BCUT2D eigenvalue weighted by Gasteiger charge is 2.27. The van der Waals surface area contributed by atoms with Crippen LogP contribution in [0.1, 0.15) is 37.3 Å². The van der Waals surface area contributed by atoms with Crippen LogP contribution >= 0.6 is 11.3 Å². The first-order valence-corrected chi connectivity index (χ1v) is 11.1. The molecule has 1 aliphatic carbocycles. The summed E-state index contributed by atoms with van der Waals surface area (Å²) < 4.78 is 30.8. The van der Waals surface area contributed by atoms with Crippen LogP contribution in [0.5, 0.6) is 0 Å². The topological polar surface area (TPSA) is 64.0 Å². The standard InChI is InChI=1S/C19H21N3O2S2/c1-14-6-4-7-15(12-14)21-26(23,24)18-13-22(16-8-2-3-9-16)20-19(18)17-10-5-11-25-17/h4-7,10-13,16,21H,2-3,8-9H2,1H3. The van der Waals surface area contributed by atoms with E-state index >= 15 is 0 Å². The minimum Gasteiger partial charge on any atom is -0.280 e. The summed E-state index contributed by atoms with van der Waals surface area (Å²) in [4.78, 5) is 1.11. The van der Waals surface area contributed by atoms with Crippen molar-refractivity contribution in [2.45, 2.75) is 43.5 Å². The molecule has 2 aromatic heterocycles. The van der Waals surface area contributed by atoms with Crippen LogP contribution in [0.15, 0.2) is 52.9 Å². The summed E-state index contributed by atoms with van der Waals surface area (Å²) in [6.45, 7) is 1.94. The average molecular weight is 388 g/mol. The van der Waals surface area contributed by atoms with Crippen molar-refractivity contribution in [2.24, 2.45) is 0 Å². The fraction of sp³-hybridized carbons (Fsp3) is 0.316. The number of aryl methyl sites for hydroxylation is 1. The molecule has 1 fully saturated rings. The largest absolute Gasteiger partial charge is 0.280 e. The Hall–Kier alpha value is -2.12. The monoisotopic (exact) mass is 387 g/mol. The second-order valence-electron chi connectivity index (χ2n) is 6.71. The first-order valence-electron chi connectivity index (χ1n) is 8.75. The number of thiophene rings is 1. The Morgan fingerprint density at radius 1 is 1.19 bits per heavy atom. The highest BCUT2D eigenvalue weighted by molar-refractivity contribution is 7.92. The van der Waals surface area contributed by atoms with E-state index < -0.39 is 10.0 Å². The second-order valence-corrected chi connectivity index (χ2v) is 9.31. The predicted octanol–water partition coefficient (Wildman–Crippen LogP) is 4.84. The number of nitrogens with one attached hydrogen (secondary N) is 1. The van der Waals surface area contributed by atoms with E-state index in [1.54, 1.807) is 12.3 Å². The maximum atomic E-state index is 13.1. The van der Waals surface area contributed by atoms with Gasteiger partial charge in [-0.25, -0.2) is 8.42 Å². The van der Waals surface area contributed by atoms with E-state index in [0.717, 1.165) is 23.3 Å². The van der Waals surface area contributed by atoms with Gasteiger partial charge < -0.3 is 0 Å². The summed E-state index contributed by atoms with van der Waals surface area (Å²) in [5.74, 6) is 0. The molecule has 0 aliphatic heterocycles. The maximum absolute atomic E-state index is 13.1. The molecule has 0 amide bonds. The van der Waals surface area contributed by atoms with Gasteiger partial charge in [-0.2, -0.15) is 5.10 Å². The first-order chi connectivity index (χ1) is 12.5. The molecular weight excluding hydrogens is 366 g/mol. The van der Waals surface area contributed by atoms with E-state index in [2.05, 4.69) is 9.82 Å². The number of benzene rings is 1. The molecule has 1 aliphatic rings. The smallest absolute Gasteiger partial charge is 0.265 e. The molecule has 0 saturated heterocycles. The molecule has 0 unspecified atom stereocenters. The van der Waals surface area contributed by atoms with Crippen LogP contribution in [0.25, 0.3) is 10.6 Å². The second kappa shape index (κ2) is 6.89. The van der Waals surface area contributed by atoms with Crippen LogP contribution in [0.3, 0.4) is 0 Å². The van der Waals surface area contributed by atoms with Gasteiger partial charge >= 0.3 is 0 Å². The van der Waals surface area contributed by atoms with Gasteiger partial charge in [0, 0.05) is 11.9 Å². The summed E-state index contributed by atoms with van der Waals surface area (Å²) in [6.07, 6.45) is 6.14. The third-order valence-corrected chi connectivity index (χ3v) is 6.97. The van der Waals surface area contributed by atoms with E-state index in [1.807, 2.05) is 47.3 Å². The molecule has 4 rings (SSSR count). The average Bonchev–Trinajstić information content (AvgIpc) is 3.34. The van der Waals surface area contributed by atoms with Crippen molar-refractivity contribution in [3.8, 4) is 10.6 Å². The van der Waals surface area contributed by atoms with Gasteiger partial charge in [-0.3, -0.25) is 9.40 Å². The Kier molecular flexibility index (Phi) is 4.58. The molecule has 7 heteroatoms. The van der Waals surface area contributed by atoms with Gasteiger partial charge in [-0.1, -0.05) is 31.0 Å². The van der Waals surface area contributed by atoms with Gasteiger partial charge in [0.15, 0.2) is 0 Å². The van der Waals surface area contributed by atoms with Crippen LogP contribution in [0, 0.1) is 6.92 Å². The summed E-state index contributed by atoms with van der Waals surface area (Å²) in [6, 6.07) is 11.5. The molecule has 26 heavy (non-hydrogen) atoms. The van der Waals surface area contributed by atoms with Crippen LogP contribution in [0.4, 0.5) is 5.69 Å². The lowest BCUT2D eigenvalue weighted by atomic mass is 10.2. The molecule has 0 spiro atoms. The normalized spacial score (nSPS) is 15.4. The minimum atomic E-state index is -3.72. The highest BCUT2D eigenvalue weighted by atomic mass is 32.2. The van der Waals surface area contributed by atoms with Gasteiger partial charge in [-0.15, -0.1) is 11.3 Å². The number of rotatable bonds is 5. The zero-order chi connectivity index (χ0) is 18.1. The quantitative estimate of drug-likeness (QED) is 0.681. The van der Waals surface area contributed by atoms with Crippen molar-refractivity contribution in [1.29, 1.82) is 0 Å². The summed E-state index contributed by atoms with van der Waals surface area (Å²) >= 11 is 1.50. The molecule has 2 heterocycles. The van der Waals surface area contributed by atoms with Gasteiger partial charge in [-0.05, 0) is 48.9 Å². The lowest BCUT2D eigenvalue weighted by Gasteiger charge is -2.09. The zero-order valence-electron chi connectivity index (χ0n) is 14.6. The van der Waals surface area contributed by atoms with E-state index in [-0.39, 0.29) is 10.9 Å². The Morgan fingerprint density at radius 3 is 2.69 bits per heavy atom. The Bertz CT molecular complexity index is 1000. The van der Waals surface area contributed by atoms with Crippen LogP contribution < -0.4 is 4.72 Å². The van der Waals surface area contributed by atoms with E-state index in [9.17, 15) is 8.42 Å². The van der Waals surface area contributed by atoms with E-state index in [1.165, 1.54) is 24.2 Å². The molecule has 3 aromatic rings. The van der Waals surface area contributed by atoms with Crippen molar-refractivity contribution < 1.29 is 8.42 Å². The first kappa shape index (κ1) is 17.3. The van der Waals surface area contributed by atoms with Gasteiger partial charge in [0.25, 0.3) is 10.0 Å². The van der Waals surface area contributed by atoms with Crippen molar-refractivity contribution in [3.63, 3.8) is 0 Å². The van der Waals surface area contributed by atoms with Crippen LogP contribution in [0.2, 0.25) is 0 Å². The minimum absolute atomic E-state index is 0.244. The molecule has 1 N–H and O–H groups in total. The third-order valence-electron chi connectivity index (χ3n) is 4.71. The summed E-state index contributed by atoms with van der Waals surface area (Å²) in [7, 11) is -3.72. The molecule has 136 valence electrons. The Labute approximate surface area is 157 Å². The molecule has 5 nitrogen and oxygen atoms in total. The lowest BCUT2D eigenvalue weighted by Crippen LogP contribution is -2.13. The number of hydrogen-bond acceptors (Lipinski definition) is 4. The molecule has 0 bridgehead atoms. The maximum Gasteiger partial charge on any atom is 0.265 e. The number of sulfonamides is 1. The number of nitrogens with zero attached hydrogens (tertiary/aromatic N) is 2. The van der Waals surface area contributed by atoms with Gasteiger partial charge in [0.2, 0.25) is 0 Å². The molecular formula is C19H21N3O2S2. The van der Waals surface area contributed by atoms with Crippen LogP contribution in [-0.4, -0.2) is 18.2 Å². The molecule has 1 saturated carbocycles. The number of anilines is 1. The Balaban J connectivity index is 1.76. The Morgan fingerprint density at radius 2 is 2.00 bits per heavy atom. The third kappa shape index (κ3) is 3.41. The fourth-order valence-corrected chi connectivity index (χ4v) is 5.42. The number of hydrogen-bond donors (Lipinski definition) is 1.